The molecule has 130 valence electrons. The van der Waals surface area contributed by atoms with Crippen molar-refractivity contribution >= 4 is 21.6 Å². The van der Waals surface area contributed by atoms with Gasteiger partial charge in [-0.15, -0.1) is 0 Å². The Morgan fingerprint density at radius 3 is 2.08 bits per heavy atom. The Labute approximate surface area is 140 Å². The molecule has 0 aliphatic heterocycles. The first-order chi connectivity index (χ1) is 11.2. The Morgan fingerprint density at radius 1 is 1.04 bits per heavy atom. The topological polar surface area (TPSA) is 55.4 Å². The summed E-state index contributed by atoms with van der Waals surface area (Å²) >= 11 is 5.83. The molecule has 0 spiro atoms. The quantitative estimate of drug-likeness (QED) is 0.636. The lowest BCUT2D eigenvalue weighted by Crippen LogP contribution is -2.26. The average Bonchev–Trinajstić information content (AvgIpc) is 2.53. The SMILES string of the molecule is COc1c(F)c(F)c(S(=O)(=O)NCc2ccccc2Cl)c(F)c1F. The molecule has 0 radical (unpaired) electrons. The second-order valence-electron chi connectivity index (χ2n) is 4.53. The van der Waals surface area contributed by atoms with E-state index in [9.17, 15) is 26.0 Å². The molecule has 0 atom stereocenters. The number of halogens is 5. The van der Waals surface area contributed by atoms with E-state index < -0.39 is 50.5 Å². The highest BCUT2D eigenvalue weighted by Gasteiger charge is 2.33. The Hall–Kier alpha value is -1.84. The van der Waals surface area contributed by atoms with Crippen molar-refractivity contribution in [3.63, 3.8) is 0 Å². The van der Waals surface area contributed by atoms with Crippen LogP contribution >= 0.6 is 11.6 Å². The fourth-order valence-corrected chi connectivity index (χ4v) is 3.24. The van der Waals surface area contributed by atoms with Gasteiger partial charge in [-0.1, -0.05) is 29.8 Å². The van der Waals surface area contributed by atoms with E-state index in [0.717, 1.165) is 7.11 Å². The first-order valence-electron chi connectivity index (χ1n) is 6.33. The van der Waals surface area contributed by atoms with Gasteiger partial charge in [0.2, 0.25) is 21.7 Å². The van der Waals surface area contributed by atoms with Crippen LogP contribution in [0.5, 0.6) is 5.75 Å². The van der Waals surface area contributed by atoms with Crippen molar-refractivity contribution in [2.24, 2.45) is 0 Å². The third kappa shape index (κ3) is 3.33. The van der Waals surface area contributed by atoms with Crippen molar-refractivity contribution < 1.29 is 30.7 Å². The normalized spacial score (nSPS) is 11.6. The van der Waals surface area contributed by atoms with Crippen LogP contribution in [0.3, 0.4) is 0 Å². The summed E-state index contributed by atoms with van der Waals surface area (Å²) < 4.78 is 85.2. The summed E-state index contributed by atoms with van der Waals surface area (Å²) in [4.78, 5) is -1.77. The van der Waals surface area contributed by atoms with E-state index in [-0.39, 0.29) is 5.02 Å². The maximum atomic E-state index is 13.9. The van der Waals surface area contributed by atoms with Crippen LogP contribution in [0.1, 0.15) is 5.56 Å². The highest BCUT2D eigenvalue weighted by Crippen LogP contribution is 2.32. The second kappa shape index (κ2) is 6.96. The van der Waals surface area contributed by atoms with Gasteiger partial charge in [0.15, 0.2) is 22.3 Å². The average molecular weight is 384 g/mol. The van der Waals surface area contributed by atoms with Crippen molar-refractivity contribution in [1.29, 1.82) is 0 Å². The van der Waals surface area contributed by atoms with E-state index in [0.29, 0.717) is 5.56 Å². The van der Waals surface area contributed by atoms with Crippen LogP contribution in [0.25, 0.3) is 0 Å². The van der Waals surface area contributed by atoms with Crippen LogP contribution < -0.4 is 9.46 Å². The van der Waals surface area contributed by atoms with Crippen LogP contribution in [0.15, 0.2) is 29.2 Å². The zero-order valence-electron chi connectivity index (χ0n) is 12.0. The number of ether oxygens (including phenoxy) is 1. The van der Waals surface area contributed by atoms with Crippen LogP contribution in [0.2, 0.25) is 5.02 Å². The lowest BCUT2D eigenvalue weighted by Gasteiger charge is -2.12. The zero-order chi connectivity index (χ0) is 18.1. The Kier molecular flexibility index (Phi) is 5.36. The summed E-state index contributed by atoms with van der Waals surface area (Å²) in [7, 11) is -4.12. The Bertz CT molecular complexity index is 861. The molecule has 0 aliphatic carbocycles. The van der Waals surface area contributed by atoms with Gasteiger partial charge in [-0.05, 0) is 11.6 Å². The first-order valence-corrected chi connectivity index (χ1v) is 8.19. The fourth-order valence-electron chi connectivity index (χ4n) is 1.89. The minimum absolute atomic E-state index is 0.202. The maximum absolute atomic E-state index is 13.9. The van der Waals surface area contributed by atoms with Crippen molar-refractivity contribution in [3.05, 3.63) is 58.1 Å². The number of benzene rings is 2. The summed E-state index contributed by atoms with van der Waals surface area (Å²) in [6, 6.07) is 6.09. The number of hydrogen-bond donors (Lipinski definition) is 1. The number of hydrogen-bond acceptors (Lipinski definition) is 3. The number of methoxy groups -OCH3 is 1. The molecule has 0 heterocycles. The van der Waals surface area contributed by atoms with Crippen molar-refractivity contribution in [3.8, 4) is 5.75 Å². The molecule has 0 fully saturated rings. The number of nitrogens with one attached hydrogen (secondary N) is 1. The third-order valence-electron chi connectivity index (χ3n) is 3.07. The van der Waals surface area contributed by atoms with Gasteiger partial charge >= 0.3 is 0 Å². The monoisotopic (exact) mass is 383 g/mol. The highest BCUT2D eigenvalue weighted by atomic mass is 35.5. The molecule has 0 amide bonds. The largest absolute Gasteiger partial charge is 0.491 e. The molecule has 0 bridgehead atoms. The second-order valence-corrected chi connectivity index (χ2v) is 6.65. The molecule has 0 unspecified atom stereocenters. The molecule has 2 aromatic carbocycles. The summed E-state index contributed by atoms with van der Waals surface area (Å²) in [6.45, 7) is -0.434. The van der Waals surface area contributed by atoms with Crippen LogP contribution in [-0.2, 0) is 16.6 Å². The van der Waals surface area contributed by atoms with Crippen LogP contribution in [-0.4, -0.2) is 15.5 Å². The predicted octanol–water partition coefficient (Wildman–Crippen LogP) is 3.38. The third-order valence-corrected chi connectivity index (χ3v) is 4.86. The molecule has 0 saturated carbocycles. The number of rotatable bonds is 5. The van der Waals surface area contributed by atoms with E-state index in [1.54, 1.807) is 12.1 Å². The van der Waals surface area contributed by atoms with Gasteiger partial charge in [-0.3, -0.25) is 0 Å². The van der Waals surface area contributed by atoms with E-state index in [2.05, 4.69) is 4.74 Å². The van der Waals surface area contributed by atoms with E-state index in [1.165, 1.54) is 12.1 Å². The van der Waals surface area contributed by atoms with E-state index >= 15 is 0 Å². The molecule has 0 aromatic heterocycles. The van der Waals surface area contributed by atoms with Gasteiger partial charge < -0.3 is 4.74 Å². The van der Waals surface area contributed by atoms with Crippen LogP contribution in [0.4, 0.5) is 17.6 Å². The number of sulfonamides is 1. The highest BCUT2D eigenvalue weighted by molar-refractivity contribution is 7.89. The molecule has 0 saturated heterocycles. The van der Waals surface area contributed by atoms with Crippen LogP contribution in [0, 0.1) is 23.3 Å². The maximum Gasteiger partial charge on any atom is 0.246 e. The molecule has 0 aliphatic rings. The molecule has 4 nitrogen and oxygen atoms in total. The van der Waals surface area contributed by atoms with Crippen molar-refractivity contribution in [2.75, 3.05) is 7.11 Å². The van der Waals surface area contributed by atoms with Gasteiger partial charge in [0, 0.05) is 11.6 Å². The zero-order valence-corrected chi connectivity index (χ0v) is 13.6. The van der Waals surface area contributed by atoms with Crippen molar-refractivity contribution in [2.45, 2.75) is 11.4 Å². The van der Waals surface area contributed by atoms with Gasteiger partial charge in [-0.2, -0.15) is 8.78 Å². The van der Waals surface area contributed by atoms with Crippen molar-refractivity contribution in [1.82, 2.24) is 4.72 Å². The molecular formula is C14H10ClF4NO3S. The lowest BCUT2D eigenvalue weighted by atomic mass is 10.2. The van der Waals surface area contributed by atoms with Gasteiger partial charge in [-0.25, -0.2) is 21.9 Å². The van der Waals surface area contributed by atoms with Gasteiger partial charge in [0.1, 0.15) is 0 Å². The summed E-state index contributed by atoms with van der Waals surface area (Å²) in [5.74, 6) is -9.42. The fraction of sp³-hybridized carbons (Fsp3) is 0.143. The van der Waals surface area contributed by atoms with Gasteiger partial charge in [0.05, 0.1) is 7.11 Å². The Balaban J connectivity index is 2.45. The predicted molar refractivity (Wildman–Crippen MR) is 78.3 cm³/mol. The lowest BCUT2D eigenvalue weighted by molar-refractivity contribution is 0.322. The molecule has 10 heteroatoms. The minimum atomic E-state index is -4.90. The molecule has 1 N–H and O–H groups in total. The van der Waals surface area contributed by atoms with Gasteiger partial charge in [0.25, 0.3) is 0 Å². The summed E-state index contributed by atoms with van der Waals surface area (Å²) in [5, 5.41) is 0.202. The molecular weight excluding hydrogens is 374 g/mol. The minimum Gasteiger partial charge on any atom is -0.491 e. The smallest absolute Gasteiger partial charge is 0.246 e. The standard InChI is InChI=1S/C14H10ClF4NO3S/c1-23-13-9(16)11(18)14(12(19)10(13)17)24(21,22)20-6-7-4-2-3-5-8(7)15/h2-5,20H,6H2,1H3. The van der Waals surface area contributed by atoms with E-state index in [1.807, 2.05) is 4.72 Å². The summed E-state index contributed by atoms with van der Waals surface area (Å²) in [5.41, 5.74) is 0.304. The molecule has 24 heavy (non-hydrogen) atoms. The summed E-state index contributed by atoms with van der Waals surface area (Å²) in [6.07, 6.45) is 0. The molecule has 2 rings (SSSR count). The Morgan fingerprint density at radius 2 is 1.58 bits per heavy atom. The first kappa shape index (κ1) is 18.5. The molecule has 2 aromatic rings. The van der Waals surface area contributed by atoms with E-state index in [4.69, 9.17) is 11.6 Å².